The van der Waals surface area contributed by atoms with E-state index in [0.29, 0.717) is 4.91 Å². The molecule has 1 rings (SSSR count). The molecule has 0 saturated carbocycles. The van der Waals surface area contributed by atoms with Gasteiger partial charge < -0.3 is 14.9 Å². The average Bonchev–Trinajstić information content (AvgIpc) is 2.43. The Morgan fingerprint density at radius 3 is 2.44 bits per heavy atom. The molecule has 1 aromatic rings. The maximum Gasteiger partial charge on any atom is 0.206 e. The van der Waals surface area contributed by atoms with Crippen molar-refractivity contribution in [3.05, 3.63) is 40.8 Å². The first-order chi connectivity index (χ1) is 8.69. The number of hydrogen-bond donors (Lipinski definition) is 2. The molecule has 18 heavy (non-hydrogen) atoms. The number of hydrogen-bond acceptors (Lipinski definition) is 5. The van der Waals surface area contributed by atoms with Crippen molar-refractivity contribution in [1.29, 1.82) is 10.8 Å². The average molecular weight is 264 g/mol. The predicted molar refractivity (Wildman–Crippen MR) is 75.9 cm³/mol. The molecule has 1 aromatic carbocycles. The van der Waals surface area contributed by atoms with Crippen molar-refractivity contribution >= 4 is 23.9 Å². The van der Waals surface area contributed by atoms with E-state index in [1.54, 1.807) is 7.11 Å². The first kappa shape index (κ1) is 14.3. The first-order valence-electron chi connectivity index (χ1n) is 5.30. The van der Waals surface area contributed by atoms with Crippen LogP contribution in [-0.4, -0.2) is 26.3 Å². The molecule has 0 aliphatic heterocycles. The SMILES string of the molecule is COC(=N)/C=C(\C=N)SCc1ccc(OC)cc1. The van der Waals surface area contributed by atoms with Crippen molar-refractivity contribution in [2.45, 2.75) is 5.75 Å². The molecule has 0 heterocycles. The smallest absolute Gasteiger partial charge is 0.206 e. The van der Waals surface area contributed by atoms with Crippen molar-refractivity contribution in [2.24, 2.45) is 0 Å². The summed E-state index contributed by atoms with van der Waals surface area (Å²) in [6.45, 7) is 0. The number of nitrogens with one attached hydrogen (secondary N) is 2. The van der Waals surface area contributed by atoms with Crippen LogP contribution in [0, 0.1) is 10.8 Å². The van der Waals surface area contributed by atoms with Crippen molar-refractivity contribution in [2.75, 3.05) is 14.2 Å². The Morgan fingerprint density at radius 2 is 1.94 bits per heavy atom. The Labute approximate surface area is 111 Å². The summed E-state index contributed by atoms with van der Waals surface area (Å²) < 4.78 is 9.82. The fraction of sp³-hybridized carbons (Fsp3) is 0.231. The highest BCUT2D eigenvalue weighted by Gasteiger charge is 2.00. The second-order valence-electron chi connectivity index (χ2n) is 3.40. The second-order valence-corrected chi connectivity index (χ2v) is 4.44. The van der Waals surface area contributed by atoms with Gasteiger partial charge in [-0.15, -0.1) is 11.8 Å². The zero-order valence-electron chi connectivity index (χ0n) is 10.4. The van der Waals surface area contributed by atoms with Crippen molar-refractivity contribution < 1.29 is 9.47 Å². The summed E-state index contributed by atoms with van der Waals surface area (Å²) >= 11 is 1.49. The van der Waals surface area contributed by atoms with Crippen LogP contribution in [0.4, 0.5) is 0 Å². The molecule has 0 saturated heterocycles. The molecule has 0 atom stereocenters. The van der Waals surface area contributed by atoms with Gasteiger partial charge in [-0.25, -0.2) is 0 Å². The van der Waals surface area contributed by atoms with Gasteiger partial charge in [0.2, 0.25) is 5.90 Å². The lowest BCUT2D eigenvalue weighted by Crippen LogP contribution is -1.95. The third-order valence-electron chi connectivity index (χ3n) is 2.20. The molecule has 5 heteroatoms. The van der Waals surface area contributed by atoms with Crippen molar-refractivity contribution in [1.82, 2.24) is 0 Å². The molecule has 4 nitrogen and oxygen atoms in total. The van der Waals surface area contributed by atoms with E-state index in [1.807, 2.05) is 24.3 Å². The van der Waals surface area contributed by atoms with Gasteiger partial charge in [0.25, 0.3) is 0 Å². The van der Waals surface area contributed by atoms with Crippen molar-refractivity contribution in [3.63, 3.8) is 0 Å². The van der Waals surface area contributed by atoms with Gasteiger partial charge in [0.05, 0.1) is 14.2 Å². The van der Waals surface area contributed by atoms with Crippen LogP contribution in [0.25, 0.3) is 0 Å². The molecular formula is C13H16N2O2S. The number of rotatable bonds is 6. The quantitative estimate of drug-likeness (QED) is 0.613. The van der Waals surface area contributed by atoms with Gasteiger partial charge in [0.15, 0.2) is 0 Å². The molecule has 0 unspecified atom stereocenters. The van der Waals surface area contributed by atoms with E-state index in [9.17, 15) is 0 Å². The van der Waals surface area contributed by atoms with Crippen LogP contribution in [0.2, 0.25) is 0 Å². The van der Waals surface area contributed by atoms with Gasteiger partial charge in [-0.05, 0) is 17.7 Å². The minimum absolute atomic E-state index is 0.0516. The van der Waals surface area contributed by atoms with E-state index in [4.69, 9.17) is 20.3 Å². The molecule has 0 spiro atoms. The first-order valence-corrected chi connectivity index (χ1v) is 6.28. The number of benzene rings is 1. The van der Waals surface area contributed by atoms with Crippen LogP contribution in [-0.2, 0) is 10.5 Å². The van der Waals surface area contributed by atoms with E-state index in [2.05, 4.69) is 0 Å². The summed E-state index contributed by atoms with van der Waals surface area (Å²) in [7, 11) is 3.07. The zero-order valence-corrected chi connectivity index (χ0v) is 11.2. The lowest BCUT2D eigenvalue weighted by molar-refractivity contribution is 0.403. The fourth-order valence-corrected chi connectivity index (χ4v) is 2.00. The zero-order chi connectivity index (χ0) is 13.4. The van der Waals surface area contributed by atoms with Crippen LogP contribution in [0.15, 0.2) is 35.2 Å². The fourth-order valence-electron chi connectivity index (χ4n) is 1.20. The largest absolute Gasteiger partial charge is 0.497 e. The van der Waals surface area contributed by atoms with Crippen LogP contribution in [0.1, 0.15) is 5.56 Å². The van der Waals surface area contributed by atoms with Gasteiger partial charge in [0, 0.05) is 22.9 Å². The third-order valence-corrected chi connectivity index (χ3v) is 3.25. The van der Waals surface area contributed by atoms with Crippen LogP contribution < -0.4 is 4.74 Å². The summed E-state index contributed by atoms with van der Waals surface area (Å²) in [4.78, 5) is 0.692. The third kappa shape index (κ3) is 4.63. The lowest BCUT2D eigenvalue weighted by Gasteiger charge is -2.04. The van der Waals surface area contributed by atoms with E-state index >= 15 is 0 Å². The monoisotopic (exact) mass is 264 g/mol. The van der Waals surface area contributed by atoms with Gasteiger partial charge in [-0.3, -0.25) is 5.41 Å². The van der Waals surface area contributed by atoms with Gasteiger partial charge >= 0.3 is 0 Å². The Kier molecular flexibility index (Phi) is 6.00. The Bertz CT molecular complexity index is 441. The molecule has 0 aromatic heterocycles. The highest BCUT2D eigenvalue weighted by atomic mass is 32.2. The van der Waals surface area contributed by atoms with E-state index in [1.165, 1.54) is 31.2 Å². The Morgan fingerprint density at radius 1 is 1.28 bits per heavy atom. The van der Waals surface area contributed by atoms with Crippen molar-refractivity contribution in [3.8, 4) is 5.75 Å². The summed E-state index contributed by atoms with van der Waals surface area (Å²) in [5.41, 5.74) is 1.14. The van der Waals surface area contributed by atoms with E-state index < -0.39 is 0 Å². The van der Waals surface area contributed by atoms with E-state index in [-0.39, 0.29) is 5.90 Å². The summed E-state index contributed by atoms with van der Waals surface area (Å²) in [6, 6.07) is 7.77. The maximum atomic E-state index is 7.38. The summed E-state index contributed by atoms with van der Waals surface area (Å²) in [6.07, 6.45) is 2.75. The van der Waals surface area contributed by atoms with Crippen LogP contribution in [0.5, 0.6) is 5.75 Å². The maximum absolute atomic E-state index is 7.38. The van der Waals surface area contributed by atoms with Gasteiger partial charge in [-0.2, -0.15) is 0 Å². The molecule has 0 aliphatic rings. The van der Waals surface area contributed by atoms with Crippen LogP contribution in [0.3, 0.4) is 0 Å². The number of ether oxygens (including phenoxy) is 2. The topological polar surface area (TPSA) is 66.2 Å². The standard InChI is InChI=1S/C13H16N2O2S/c1-16-11-5-3-10(4-6-11)9-18-12(8-14)7-13(15)17-2/h3-8,14-15H,9H2,1-2H3/b12-7+,14-8?,15-13?. The second kappa shape index (κ2) is 7.55. The normalized spacial score (nSPS) is 10.9. The highest BCUT2D eigenvalue weighted by molar-refractivity contribution is 8.03. The Balaban J connectivity index is 2.59. The molecule has 0 radical (unpaired) electrons. The lowest BCUT2D eigenvalue weighted by atomic mass is 10.2. The molecule has 2 N–H and O–H groups in total. The molecule has 96 valence electrons. The number of methoxy groups -OCH3 is 2. The van der Waals surface area contributed by atoms with E-state index in [0.717, 1.165) is 17.1 Å². The Hall–Kier alpha value is -1.75. The minimum atomic E-state index is 0.0516. The molecular weight excluding hydrogens is 248 g/mol. The highest BCUT2D eigenvalue weighted by Crippen LogP contribution is 2.21. The number of allylic oxidation sites excluding steroid dienone is 1. The predicted octanol–water partition coefficient (Wildman–Crippen LogP) is 3.09. The summed E-state index contributed by atoms with van der Waals surface area (Å²) in [5, 5.41) is 14.6. The summed E-state index contributed by atoms with van der Waals surface area (Å²) in [5.74, 6) is 1.62. The minimum Gasteiger partial charge on any atom is -0.497 e. The van der Waals surface area contributed by atoms with Crippen LogP contribution >= 0.6 is 11.8 Å². The van der Waals surface area contributed by atoms with Gasteiger partial charge in [0.1, 0.15) is 5.75 Å². The van der Waals surface area contributed by atoms with Gasteiger partial charge in [-0.1, -0.05) is 12.1 Å². The molecule has 0 bridgehead atoms. The molecule has 0 amide bonds. The molecule has 0 aliphatic carbocycles. The number of thioether (sulfide) groups is 1. The molecule has 0 fully saturated rings.